The van der Waals surface area contributed by atoms with Crippen molar-refractivity contribution in [1.82, 2.24) is 5.43 Å². The smallest absolute Gasteiger partial charge is 0.271 e. The molecule has 0 radical (unpaired) electrons. The summed E-state index contributed by atoms with van der Waals surface area (Å²) in [6.07, 6.45) is 0. The van der Waals surface area contributed by atoms with Gasteiger partial charge in [-0.3, -0.25) is 4.79 Å². The Labute approximate surface area is 125 Å². The Hall–Kier alpha value is -3.22. The number of phenolic OH excluding ortho intramolecular Hbond substituents is 4. The van der Waals surface area contributed by atoms with Crippen LogP contribution in [0.1, 0.15) is 22.8 Å². The van der Waals surface area contributed by atoms with Gasteiger partial charge in [0.15, 0.2) is 17.2 Å². The van der Waals surface area contributed by atoms with Crippen LogP contribution >= 0.6 is 0 Å². The molecule has 7 nitrogen and oxygen atoms in total. The summed E-state index contributed by atoms with van der Waals surface area (Å²) in [7, 11) is 0. The molecular formula is C15H14N2O5. The minimum Gasteiger partial charge on any atom is -0.508 e. The molecule has 0 atom stereocenters. The molecule has 2 rings (SSSR count). The number of nitrogens with one attached hydrogen (secondary N) is 1. The van der Waals surface area contributed by atoms with E-state index in [1.165, 1.54) is 12.1 Å². The predicted molar refractivity (Wildman–Crippen MR) is 79.2 cm³/mol. The number of phenols is 4. The van der Waals surface area contributed by atoms with Crippen LogP contribution in [0.3, 0.4) is 0 Å². The molecule has 5 N–H and O–H groups in total. The zero-order chi connectivity index (χ0) is 16.3. The molecule has 2 aromatic rings. The molecular weight excluding hydrogens is 288 g/mol. The number of carbonyl (C=O) groups is 1. The zero-order valence-corrected chi connectivity index (χ0v) is 11.6. The van der Waals surface area contributed by atoms with Gasteiger partial charge in [0, 0.05) is 11.1 Å². The summed E-state index contributed by atoms with van der Waals surface area (Å²) in [4.78, 5) is 11.9. The van der Waals surface area contributed by atoms with Gasteiger partial charge in [-0.2, -0.15) is 5.10 Å². The van der Waals surface area contributed by atoms with Crippen LogP contribution in [0, 0.1) is 0 Å². The normalized spacial score (nSPS) is 11.2. The number of hydrazone groups is 1. The first-order valence-electron chi connectivity index (χ1n) is 6.27. The first kappa shape index (κ1) is 15.2. The van der Waals surface area contributed by atoms with Crippen LogP contribution < -0.4 is 5.43 Å². The van der Waals surface area contributed by atoms with Crippen LogP contribution in [0.5, 0.6) is 23.0 Å². The van der Waals surface area contributed by atoms with Crippen LogP contribution in [0.2, 0.25) is 0 Å². The van der Waals surface area contributed by atoms with Crippen LogP contribution in [0.15, 0.2) is 41.5 Å². The summed E-state index contributed by atoms with van der Waals surface area (Å²) >= 11 is 0. The Bertz CT molecular complexity index is 732. The molecule has 7 heteroatoms. The average Bonchev–Trinajstić information content (AvgIpc) is 2.49. The average molecular weight is 302 g/mol. The van der Waals surface area contributed by atoms with E-state index >= 15 is 0 Å². The first-order chi connectivity index (χ1) is 10.4. The lowest BCUT2D eigenvalue weighted by Crippen LogP contribution is -2.19. The van der Waals surface area contributed by atoms with Crippen LogP contribution in [-0.4, -0.2) is 32.0 Å². The maximum Gasteiger partial charge on any atom is 0.271 e. The van der Waals surface area contributed by atoms with Crippen molar-refractivity contribution in [3.8, 4) is 23.0 Å². The Morgan fingerprint density at radius 3 is 2.23 bits per heavy atom. The second kappa shape index (κ2) is 6.04. The van der Waals surface area contributed by atoms with Crippen molar-refractivity contribution in [2.24, 2.45) is 5.10 Å². The topological polar surface area (TPSA) is 122 Å². The summed E-state index contributed by atoms with van der Waals surface area (Å²) < 4.78 is 0. The predicted octanol–water partition coefficient (Wildman–Crippen LogP) is 1.66. The number of carbonyl (C=O) groups excluding carboxylic acids is 1. The van der Waals surface area contributed by atoms with Gasteiger partial charge in [-0.1, -0.05) is 12.1 Å². The lowest BCUT2D eigenvalue weighted by molar-refractivity contribution is 0.0954. The number of nitrogens with zero attached hydrogens (tertiary/aromatic N) is 1. The van der Waals surface area contributed by atoms with Gasteiger partial charge in [0.2, 0.25) is 0 Å². The highest BCUT2D eigenvalue weighted by Crippen LogP contribution is 2.35. The van der Waals surface area contributed by atoms with Crippen LogP contribution in [-0.2, 0) is 0 Å². The molecule has 0 aliphatic rings. The standard InChI is InChI=1S/C15H14N2O5/c1-8(9-3-2-4-11(18)5-9)16-17-15(22)10-6-12(19)14(21)13(20)7-10/h2-7,18-21H,1H3,(H,17,22). The van der Waals surface area contributed by atoms with Gasteiger partial charge in [-0.15, -0.1) is 0 Å². The quantitative estimate of drug-likeness (QED) is 0.335. The molecule has 0 aliphatic heterocycles. The van der Waals surface area contributed by atoms with E-state index in [4.69, 9.17) is 0 Å². The van der Waals surface area contributed by atoms with E-state index < -0.39 is 23.2 Å². The van der Waals surface area contributed by atoms with E-state index in [1.807, 2.05) is 0 Å². The summed E-state index contributed by atoms with van der Waals surface area (Å²) in [5, 5.41) is 41.2. The molecule has 114 valence electrons. The highest BCUT2D eigenvalue weighted by molar-refractivity contribution is 6.01. The molecule has 1 amide bonds. The minimum atomic E-state index is -0.698. The van der Waals surface area contributed by atoms with Crippen molar-refractivity contribution in [3.63, 3.8) is 0 Å². The van der Waals surface area contributed by atoms with Crippen molar-refractivity contribution < 1.29 is 25.2 Å². The monoisotopic (exact) mass is 302 g/mol. The van der Waals surface area contributed by atoms with Crippen molar-refractivity contribution in [3.05, 3.63) is 47.5 Å². The van der Waals surface area contributed by atoms with E-state index in [0.29, 0.717) is 11.3 Å². The third kappa shape index (κ3) is 3.26. The molecule has 0 saturated carbocycles. The Balaban J connectivity index is 2.17. The van der Waals surface area contributed by atoms with Crippen LogP contribution in [0.4, 0.5) is 0 Å². The lowest BCUT2D eigenvalue weighted by Gasteiger charge is -2.06. The van der Waals surface area contributed by atoms with Gasteiger partial charge < -0.3 is 20.4 Å². The fourth-order valence-corrected chi connectivity index (χ4v) is 1.73. The summed E-state index contributed by atoms with van der Waals surface area (Å²) in [5.41, 5.74) is 3.26. The molecule has 0 spiro atoms. The van der Waals surface area contributed by atoms with Gasteiger partial charge in [0.1, 0.15) is 5.75 Å². The highest BCUT2D eigenvalue weighted by Gasteiger charge is 2.13. The molecule has 0 bridgehead atoms. The molecule has 0 aromatic heterocycles. The first-order valence-corrected chi connectivity index (χ1v) is 6.27. The maximum absolute atomic E-state index is 11.9. The van der Waals surface area contributed by atoms with Crippen LogP contribution in [0.25, 0.3) is 0 Å². The van der Waals surface area contributed by atoms with Crippen molar-refractivity contribution in [2.45, 2.75) is 6.92 Å². The number of rotatable bonds is 3. The fraction of sp³-hybridized carbons (Fsp3) is 0.0667. The third-order valence-corrected chi connectivity index (χ3v) is 2.92. The van der Waals surface area contributed by atoms with E-state index in [-0.39, 0.29) is 11.3 Å². The van der Waals surface area contributed by atoms with Crippen molar-refractivity contribution in [1.29, 1.82) is 0 Å². The Morgan fingerprint density at radius 2 is 1.64 bits per heavy atom. The zero-order valence-electron chi connectivity index (χ0n) is 11.6. The molecule has 0 heterocycles. The Morgan fingerprint density at radius 1 is 1.00 bits per heavy atom. The van der Waals surface area contributed by atoms with E-state index in [0.717, 1.165) is 12.1 Å². The second-order valence-corrected chi connectivity index (χ2v) is 4.55. The molecule has 0 unspecified atom stereocenters. The van der Waals surface area contributed by atoms with E-state index in [9.17, 15) is 25.2 Å². The SMILES string of the molecule is CC(=NNC(=O)c1cc(O)c(O)c(O)c1)c1cccc(O)c1. The summed E-state index contributed by atoms with van der Waals surface area (Å²) in [6.45, 7) is 1.64. The lowest BCUT2D eigenvalue weighted by atomic mass is 10.1. The molecule has 0 fully saturated rings. The fourth-order valence-electron chi connectivity index (χ4n) is 1.73. The molecule has 2 aromatic carbocycles. The van der Waals surface area contributed by atoms with Crippen molar-refractivity contribution in [2.75, 3.05) is 0 Å². The molecule has 0 saturated heterocycles. The maximum atomic E-state index is 11.9. The van der Waals surface area contributed by atoms with Crippen molar-refractivity contribution >= 4 is 11.6 Å². The van der Waals surface area contributed by atoms with Gasteiger partial charge in [0.05, 0.1) is 5.71 Å². The minimum absolute atomic E-state index is 0.0692. The molecule has 0 aliphatic carbocycles. The van der Waals surface area contributed by atoms with E-state index in [1.54, 1.807) is 19.1 Å². The van der Waals surface area contributed by atoms with Gasteiger partial charge in [-0.25, -0.2) is 5.43 Å². The summed E-state index contributed by atoms with van der Waals surface area (Å²) in [5.74, 6) is -2.52. The number of aromatic hydroxyl groups is 4. The largest absolute Gasteiger partial charge is 0.508 e. The second-order valence-electron chi connectivity index (χ2n) is 4.55. The van der Waals surface area contributed by atoms with Gasteiger partial charge in [0.25, 0.3) is 5.91 Å². The number of amides is 1. The molecule has 22 heavy (non-hydrogen) atoms. The van der Waals surface area contributed by atoms with E-state index in [2.05, 4.69) is 10.5 Å². The number of hydrogen-bond acceptors (Lipinski definition) is 6. The highest BCUT2D eigenvalue weighted by atomic mass is 16.3. The number of hydrogen-bond donors (Lipinski definition) is 5. The summed E-state index contributed by atoms with van der Waals surface area (Å²) in [6, 6.07) is 8.36. The van der Waals surface area contributed by atoms with Gasteiger partial charge >= 0.3 is 0 Å². The number of benzene rings is 2. The third-order valence-electron chi connectivity index (χ3n) is 2.92. The van der Waals surface area contributed by atoms with Gasteiger partial charge in [-0.05, 0) is 31.2 Å². The Kier molecular flexibility index (Phi) is 4.17.